The number of hydrogen-bond donors (Lipinski definition) is 1. The van der Waals surface area contributed by atoms with Crippen molar-refractivity contribution in [3.8, 4) is 0 Å². The van der Waals surface area contributed by atoms with Crippen LogP contribution in [0.3, 0.4) is 0 Å². The second kappa shape index (κ2) is 9.48. The molecule has 2 aromatic rings. The molecule has 0 aromatic heterocycles. The van der Waals surface area contributed by atoms with Crippen molar-refractivity contribution in [1.29, 1.82) is 0 Å². The highest BCUT2D eigenvalue weighted by molar-refractivity contribution is 7.89. The predicted octanol–water partition coefficient (Wildman–Crippen LogP) is 2.68. The normalized spacial score (nSPS) is 23.7. The largest absolute Gasteiger partial charge is 0.494 e. The van der Waals surface area contributed by atoms with Crippen LogP contribution in [0.1, 0.15) is 39.7 Å². The van der Waals surface area contributed by atoms with Gasteiger partial charge in [0.15, 0.2) is 0 Å². The molecule has 0 saturated carbocycles. The van der Waals surface area contributed by atoms with E-state index in [-0.39, 0.29) is 23.4 Å². The third-order valence-corrected chi connectivity index (χ3v) is 8.86. The third-order valence-electron chi connectivity index (χ3n) is 6.98. The zero-order chi connectivity index (χ0) is 26.5. The number of nitrogens with one attached hydrogen (secondary N) is 1. The minimum atomic E-state index is -4.25. The molecule has 0 spiro atoms. The van der Waals surface area contributed by atoms with Crippen LogP contribution in [0, 0.1) is 11.6 Å². The minimum Gasteiger partial charge on any atom is -0.399 e. The summed E-state index contributed by atoms with van der Waals surface area (Å²) in [7, 11) is -4.99. The maximum absolute atomic E-state index is 14.5. The molecule has 194 valence electrons. The van der Waals surface area contributed by atoms with Gasteiger partial charge in [-0.2, -0.15) is 4.31 Å². The maximum atomic E-state index is 14.5. The highest BCUT2D eigenvalue weighted by atomic mass is 32.2. The van der Waals surface area contributed by atoms with E-state index < -0.39 is 64.6 Å². The number of rotatable bonds is 6. The van der Waals surface area contributed by atoms with Crippen LogP contribution in [-0.4, -0.2) is 55.7 Å². The quantitative estimate of drug-likeness (QED) is 0.588. The van der Waals surface area contributed by atoms with Crippen molar-refractivity contribution >= 4 is 28.5 Å². The van der Waals surface area contributed by atoms with Crippen LogP contribution >= 0.6 is 0 Å². The van der Waals surface area contributed by atoms with Gasteiger partial charge in [0.2, 0.25) is 15.9 Å². The predicted molar refractivity (Wildman–Crippen MR) is 128 cm³/mol. The summed E-state index contributed by atoms with van der Waals surface area (Å²) in [4.78, 5) is 12.7. The molecule has 36 heavy (non-hydrogen) atoms. The van der Waals surface area contributed by atoms with Crippen molar-refractivity contribution in [2.75, 3.05) is 6.54 Å². The summed E-state index contributed by atoms with van der Waals surface area (Å²) in [5.74, 6) is -1.97. The molecule has 2 fully saturated rings. The van der Waals surface area contributed by atoms with E-state index in [0.717, 1.165) is 28.6 Å². The molecule has 1 amide bonds. The highest BCUT2D eigenvalue weighted by Gasteiger charge is 2.51. The molecule has 2 heterocycles. The zero-order valence-corrected chi connectivity index (χ0v) is 21.2. The van der Waals surface area contributed by atoms with Gasteiger partial charge < -0.3 is 14.6 Å². The van der Waals surface area contributed by atoms with E-state index in [9.17, 15) is 26.4 Å². The lowest BCUT2D eigenvalue weighted by atomic mass is 9.78. The molecule has 7 nitrogen and oxygen atoms in total. The molecule has 0 aliphatic carbocycles. The Bertz CT molecular complexity index is 1240. The summed E-state index contributed by atoms with van der Waals surface area (Å²) in [5, 5.41) is 2.52. The lowest BCUT2D eigenvalue weighted by molar-refractivity contribution is -0.124. The Morgan fingerprint density at radius 1 is 1.08 bits per heavy atom. The smallest absolute Gasteiger partial charge is 0.399 e. The van der Waals surface area contributed by atoms with E-state index in [0.29, 0.717) is 5.46 Å². The first kappa shape index (κ1) is 26.7. The summed E-state index contributed by atoms with van der Waals surface area (Å²) < 4.78 is 80.8. The summed E-state index contributed by atoms with van der Waals surface area (Å²) in [6, 6.07) is 7.01. The highest BCUT2D eigenvalue weighted by Crippen LogP contribution is 2.36. The van der Waals surface area contributed by atoms with E-state index in [4.69, 9.17) is 9.31 Å². The number of amides is 1. The number of hydrogen-bond acceptors (Lipinski definition) is 5. The number of benzene rings is 2. The topological polar surface area (TPSA) is 84.9 Å². The Morgan fingerprint density at radius 2 is 1.69 bits per heavy atom. The van der Waals surface area contributed by atoms with Crippen LogP contribution in [0.4, 0.5) is 13.2 Å². The Hall–Kier alpha value is -2.41. The van der Waals surface area contributed by atoms with Gasteiger partial charge in [-0.05, 0) is 63.5 Å². The molecule has 2 aromatic carbocycles. The number of halogens is 3. The van der Waals surface area contributed by atoms with Crippen LogP contribution in [0.15, 0.2) is 47.4 Å². The number of carbonyl (C=O) groups excluding carboxylic acids is 1. The summed E-state index contributed by atoms with van der Waals surface area (Å²) in [5.41, 5.74) is -0.487. The maximum Gasteiger partial charge on any atom is 0.494 e. The fourth-order valence-electron chi connectivity index (χ4n) is 4.16. The van der Waals surface area contributed by atoms with Crippen LogP contribution < -0.4 is 10.8 Å². The molecule has 1 unspecified atom stereocenters. The lowest BCUT2D eigenvalue weighted by Crippen LogP contribution is -2.45. The molecule has 1 N–H and O–H groups in total. The molecule has 0 radical (unpaired) electrons. The third kappa shape index (κ3) is 5.04. The van der Waals surface area contributed by atoms with E-state index in [2.05, 4.69) is 5.32 Å². The average Bonchev–Trinajstić information content (AvgIpc) is 3.29. The van der Waals surface area contributed by atoms with Gasteiger partial charge in [0.25, 0.3) is 0 Å². The van der Waals surface area contributed by atoms with Gasteiger partial charge in [0.1, 0.15) is 23.8 Å². The molecule has 2 saturated heterocycles. The number of nitrogens with zero attached hydrogens (tertiary/aromatic N) is 1. The van der Waals surface area contributed by atoms with Crippen molar-refractivity contribution in [3.63, 3.8) is 0 Å². The fraction of sp³-hybridized carbons (Fsp3) is 0.458. The molecule has 12 heteroatoms. The van der Waals surface area contributed by atoms with Crippen molar-refractivity contribution in [2.45, 2.75) is 69.0 Å². The van der Waals surface area contributed by atoms with Crippen molar-refractivity contribution in [2.24, 2.45) is 0 Å². The lowest BCUT2D eigenvalue weighted by Gasteiger charge is -2.32. The molecule has 2 aliphatic rings. The van der Waals surface area contributed by atoms with E-state index >= 15 is 0 Å². The van der Waals surface area contributed by atoms with Crippen LogP contribution in [-0.2, 0) is 30.7 Å². The van der Waals surface area contributed by atoms with Gasteiger partial charge in [-0.3, -0.25) is 4.79 Å². The molecule has 2 atom stereocenters. The molecule has 0 bridgehead atoms. The molecule has 2 aliphatic heterocycles. The van der Waals surface area contributed by atoms with Gasteiger partial charge in [0.05, 0.1) is 16.1 Å². The van der Waals surface area contributed by atoms with Gasteiger partial charge in [-0.15, -0.1) is 0 Å². The van der Waals surface area contributed by atoms with Gasteiger partial charge >= 0.3 is 7.12 Å². The van der Waals surface area contributed by atoms with E-state index in [1.807, 2.05) is 27.7 Å². The first-order chi connectivity index (χ1) is 16.7. The number of sulfonamides is 1. The Morgan fingerprint density at radius 3 is 2.31 bits per heavy atom. The monoisotopic (exact) mass is 524 g/mol. The molecular formula is C24H28BF3N2O5S. The summed E-state index contributed by atoms with van der Waals surface area (Å²) in [6.07, 6.45) is -1.90. The van der Waals surface area contributed by atoms with Crippen molar-refractivity contribution in [3.05, 3.63) is 59.7 Å². The number of alkyl halides is 1. The van der Waals surface area contributed by atoms with Crippen molar-refractivity contribution in [1.82, 2.24) is 9.62 Å². The zero-order valence-electron chi connectivity index (χ0n) is 20.4. The summed E-state index contributed by atoms with van der Waals surface area (Å²) in [6.45, 7) is 6.80. The van der Waals surface area contributed by atoms with E-state index in [1.165, 1.54) is 18.2 Å². The van der Waals surface area contributed by atoms with Gasteiger partial charge in [0, 0.05) is 25.1 Å². The summed E-state index contributed by atoms with van der Waals surface area (Å²) >= 11 is 0. The molecular weight excluding hydrogens is 496 g/mol. The Balaban J connectivity index is 1.49. The van der Waals surface area contributed by atoms with E-state index in [1.54, 1.807) is 0 Å². The van der Waals surface area contributed by atoms with Crippen LogP contribution in [0.5, 0.6) is 0 Å². The second-order valence-electron chi connectivity index (χ2n) is 10.0. The van der Waals surface area contributed by atoms with Crippen LogP contribution in [0.2, 0.25) is 0 Å². The first-order valence-electron chi connectivity index (χ1n) is 11.5. The fourth-order valence-corrected chi connectivity index (χ4v) is 5.78. The average molecular weight is 524 g/mol. The minimum absolute atomic E-state index is 0.137. The second-order valence-corrected chi connectivity index (χ2v) is 11.9. The molecule has 4 rings (SSSR count). The number of carbonyl (C=O) groups is 1. The Labute approximate surface area is 209 Å². The van der Waals surface area contributed by atoms with Crippen molar-refractivity contribution < 1.29 is 35.7 Å². The van der Waals surface area contributed by atoms with Gasteiger partial charge in [-0.25, -0.2) is 21.6 Å². The standard InChI is InChI=1S/C24H28BF3N2O5S/c1-23(2)24(3,4)35-25(34-23)16-5-10-20(28)15(11-16)13-29-22(31)21-12-18(27)14-30(21)36(32,33)19-8-6-17(26)7-9-19/h5-11,18,21H,12-14H2,1-4H3,(H,29,31)/t18?,21-/m0/s1. The SMILES string of the molecule is CC1(C)OB(c2ccc(F)c(CNC(=O)[C@@H]3CC(F)CN3S(=O)(=O)c3ccc(F)cc3)c2)OC1(C)C. The Kier molecular flexibility index (Phi) is 7.02. The van der Waals surface area contributed by atoms with Gasteiger partial charge in [-0.1, -0.05) is 12.1 Å². The first-order valence-corrected chi connectivity index (χ1v) is 13.0. The van der Waals surface area contributed by atoms with Crippen LogP contribution in [0.25, 0.3) is 0 Å².